The number of rotatable bonds is 3. The van der Waals surface area contributed by atoms with E-state index in [0.717, 1.165) is 0 Å². The first kappa shape index (κ1) is 9.56. The van der Waals surface area contributed by atoms with Gasteiger partial charge in [0.1, 0.15) is 5.29 Å². The first-order valence-electron chi connectivity index (χ1n) is 2.74. The molecule has 0 heterocycles. The van der Waals surface area contributed by atoms with Crippen LogP contribution in [-0.4, -0.2) is 21.3 Å². The van der Waals surface area contributed by atoms with Gasteiger partial charge in [-0.3, -0.25) is 4.79 Å². The zero-order valence-electron chi connectivity index (χ0n) is 5.57. The highest BCUT2D eigenvalue weighted by molar-refractivity contribution is 7.45. The second-order valence-electron chi connectivity index (χ2n) is 1.90. The summed E-state index contributed by atoms with van der Waals surface area (Å²) in [5, 5.41) is 8.49. The van der Waals surface area contributed by atoms with E-state index in [1.807, 2.05) is 0 Å². The molecule has 0 aromatic rings. The van der Waals surface area contributed by atoms with Crippen LogP contribution in [0.1, 0.15) is 19.8 Å². The van der Waals surface area contributed by atoms with Gasteiger partial charge in [0, 0.05) is 6.42 Å². The molecule has 0 aromatic carbocycles. The van der Waals surface area contributed by atoms with Gasteiger partial charge in [-0.05, 0) is 6.92 Å². The van der Waals surface area contributed by atoms with E-state index in [1.165, 1.54) is 6.92 Å². The first-order chi connectivity index (χ1) is 4.54. The molecule has 0 fully saturated rings. The summed E-state index contributed by atoms with van der Waals surface area (Å²) in [7, 11) is -2.29. The van der Waals surface area contributed by atoms with E-state index in [0.29, 0.717) is 5.29 Å². The van der Waals surface area contributed by atoms with Gasteiger partial charge in [-0.2, -0.15) is 4.89 Å². The monoisotopic (exact) mass is 164 g/mol. The molecular weight excluding hydrogens is 155 g/mol. The van der Waals surface area contributed by atoms with Crippen molar-refractivity contribution >= 4 is 19.3 Å². The summed E-state index contributed by atoms with van der Waals surface area (Å²) in [4.78, 5) is 28.6. The third-order valence-electron chi connectivity index (χ3n) is 1.03. The van der Waals surface area contributed by atoms with Gasteiger partial charge in [0.2, 0.25) is 8.00 Å². The molecule has 58 valence electrons. The van der Waals surface area contributed by atoms with Crippen molar-refractivity contribution in [2.24, 2.45) is 0 Å². The highest BCUT2D eigenvalue weighted by atomic mass is 31.1. The fraction of sp³-hybridized carbons (Fsp3) is 0.600. The number of carbonyl (C=O) groups is 1. The molecule has 0 aromatic heterocycles. The lowest BCUT2D eigenvalue weighted by Gasteiger charge is -1.93. The van der Waals surface area contributed by atoms with Crippen molar-refractivity contribution in [2.45, 2.75) is 19.8 Å². The Morgan fingerprint density at radius 3 is 2.40 bits per heavy atom. The maximum absolute atomic E-state index is 10.2. The van der Waals surface area contributed by atoms with Crippen LogP contribution in [0.5, 0.6) is 0 Å². The summed E-state index contributed by atoms with van der Waals surface area (Å²) in [6.45, 7) is 1.47. The molecule has 0 bridgehead atoms. The Morgan fingerprint density at radius 1 is 1.60 bits per heavy atom. The largest absolute Gasteiger partial charge is 0.603 e. The molecule has 2 N–H and O–H groups in total. The van der Waals surface area contributed by atoms with Gasteiger partial charge in [-0.25, -0.2) is 0 Å². The van der Waals surface area contributed by atoms with Gasteiger partial charge < -0.3 is 10.00 Å². The Balaban J connectivity index is 3.71. The molecule has 1 unspecified atom stereocenters. The molecule has 4 nitrogen and oxygen atoms in total. The number of carboxylic acids is 1. The lowest BCUT2D eigenvalue weighted by atomic mass is 10.2. The van der Waals surface area contributed by atoms with E-state index >= 15 is 0 Å². The molecule has 0 saturated heterocycles. The average molecular weight is 164 g/mol. The van der Waals surface area contributed by atoms with Crippen molar-refractivity contribution in [3.05, 3.63) is 0 Å². The van der Waals surface area contributed by atoms with Gasteiger partial charge in [-0.15, -0.1) is 0 Å². The second kappa shape index (κ2) is 4.39. The van der Waals surface area contributed by atoms with Crippen LogP contribution in [0.4, 0.5) is 0 Å². The summed E-state index contributed by atoms with van der Waals surface area (Å²) in [5.41, 5.74) is 0. The van der Waals surface area contributed by atoms with Crippen molar-refractivity contribution in [3.8, 4) is 0 Å². The third-order valence-corrected chi connectivity index (χ3v) is 1.90. The normalized spacial score (nSPS) is 12.7. The lowest BCUT2D eigenvalue weighted by Crippen LogP contribution is -2.02. The minimum atomic E-state index is -2.29. The van der Waals surface area contributed by atoms with E-state index in [4.69, 9.17) is 10.00 Å². The van der Waals surface area contributed by atoms with E-state index in [2.05, 4.69) is 0 Å². The molecule has 10 heavy (non-hydrogen) atoms. The van der Waals surface area contributed by atoms with Crippen LogP contribution in [0.15, 0.2) is 0 Å². The van der Waals surface area contributed by atoms with Crippen LogP contribution in [-0.2, 0) is 4.79 Å². The molecule has 5 heteroatoms. The van der Waals surface area contributed by atoms with Crippen LogP contribution in [0.25, 0.3) is 0 Å². The highest BCUT2D eigenvalue weighted by Gasteiger charge is 2.04. The summed E-state index contributed by atoms with van der Waals surface area (Å²) in [6.07, 6.45) is 0.106. The molecule has 1 atom stereocenters. The van der Waals surface area contributed by atoms with Gasteiger partial charge in [-0.1, -0.05) is 0 Å². The maximum atomic E-state index is 10.2. The van der Waals surface area contributed by atoms with Crippen molar-refractivity contribution < 1.29 is 19.7 Å². The smallest absolute Gasteiger partial charge is 0.303 e. The van der Waals surface area contributed by atoms with E-state index in [9.17, 15) is 9.69 Å². The third kappa shape index (κ3) is 4.44. The average Bonchev–Trinajstić information content (AvgIpc) is 1.82. The van der Waals surface area contributed by atoms with Crippen LogP contribution >= 0.6 is 8.00 Å². The molecular formula is C5H9O4P. The summed E-state index contributed by atoms with van der Waals surface area (Å²) < 4.78 is 0. The second-order valence-corrected chi connectivity index (χ2v) is 3.21. The van der Waals surface area contributed by atoms with Gasteiger partial charge >= 0.3 is 5.97 Å². The Morgan fingerprint density at radius 2 is 2.10 bits per heavy atom. The van der Waals surface area contributed by atoms with E-state index < -0.39 is 14.0 Å². The predicted octanol–water partition coefficient (Wildman–Crippen LogP) is -0.292. The lowest BCUT2D eigenvalue weighted by molar-refractivity contribution is -0.167. The minimum Gasteiger partial charge on any atom is -0.603 e. The minimum absolute atomic E-state index is 0.0759. The topological polar surface area (TPSA) is 80.6 Å². The Hall–Kier alpha value is -0.440. The standard InChI is InChI=1S/C5H9O4P/c1-4(10(8)9)2-3-5(6)7/h2-3H2,1H3,(H,6,7)(H,8,9). The molecule has 0 rings (SSSR count). The summed E-state index contributed by atoms with van der Waals surface area (Å²) >= 11 is 0. The van der Waals surface area contributed by atoms with Crippen LogP contribution in [0, 0.1) is 0 Å². The molecule has 0 aliphatic heterocycles. The number of hydrogen-bond acceptors (Lipinski definition) is 3. The van der Waals surface area contributed by atoms with Crippen molar-refractivity contribution in [1.29, 1.82) is 0 Å². The molecule has 0 aliphatic rings. The number of aliphatic carboxylic acids is 1. The first-order valence-corrected chi connectivity index (χ1v) is 3.95. The molecule has 0 amide bonds. The van der Waals surface area contributed by atoms with Crippen molar-refractivity contribution in [2.75, 3.05) is 0 Å². The maximum Gasteiger partial charge on any atom is 0.303 e. The molecule has 0 radical (unpaired) electrons. The van der Waals surface area contributed by atoms with Crippen LogP contribution in [0.3, 0.4) is 0 Å². The van der Waals surface area contributed by atoms with E-state index in [-0.39, 0.29) is 12.8 Å². The molecule has 0 spiro atoms. The molecule has 0 aliphatic carbocycles. The molecule has 0 saturated carbocycles. The zero-order valence-corrected chi connectivity index (χ0v) is 6.47. The van der Waals surface area contributed by atoms with Gasteiger partial charge in [0.25, 0.3) is 0 Å². The Kier molecular flexibility index (Phi) is 4.19. The summed E-state index contributed by atoms with van der Waals surface area (Å²) in [5.74, 6) is -0.948. The van der Waals surface area contributed by atoms with Crippen LogP contribution < -0.4 is 4.89 Å². The Labute approximate surface area is 59.7 Å². The SMILES string of the molecule is C/C(CCC(=O)O)=[P+](\[O-])O. The van der Waals surface area contributed by atoms with Gasteiger partial charge in [0.05, 0.1) is 6.42 Å². The van der Waals surface area contributed by atoms with Gasteiger partial charge in [0.15, 0.2) is 0 Å². The fourth-order valence-corrected chi connectivity index (χ4v) is 0.687. The number of hydrogen-bond donors (Lipinski definition) is 2. The van der Waals surface area contributed by atoms with Crippen molar-refractivity contribution in [3.63, 3.8) is 0 Å². The fourth-order valence-electron chi connectivity index (χ4n) is 0.383. The summed E-state index contributed by atoms with van der Waals surface area (Å²) in [6, 6.07) is 0. The van der Waals surface area contributed by atoms with E-state index in [1.54, 1.807) is 0 Å². The zero-order chi connectivity index (χ0) is 8.15. The van der Waals surface area contributed by atoms with Crippen molar-refractivity contribution in [1.82, 2.24) is 0 Å². The Bertz CT molecular complexity index is 159. The highest BCUT2D eigenvalue weighted by Crippen LogP contribution is 2.09. The number of carboxylic acid groups (broad SMARTS) is 1. The quantitative estimate of drug-likeness (QED) is 0.561. The van der Waals surface area contributed by atoms with Crippen LogP contribution in [0.2, 0.25) is 0 Å². The predicted molar refractivity (Wildman–Crippen MR) is 36.7 cm³/mol.